The number of morpholine rings is 1. The molecule has 23 heavy (non-hydrogen) atoms. The summed E-state index contributed by atoms with van der Waals surface area (Å²) in [4.78, 5) is 19.4. The van der Waals surface area contributed by atoms with E-state index in [1.807, 2.05) is 30.5 Å². The Labute approximate surface area is 144 Å². The summed E-state index contributed by atoms with van der Waals surface area (Å²) in [6.45, 7) is 8.73. The van der Waals surface area contributed by atoms with E-state index in [-0.39, 0.29) is 5.91 Å². The third kappa shape index (κ3) is 3.57. The highest BCUT2D eigenvalue weighted by Gasteiger charge is 2.18. The van der Waals surface area contributed by atoms with Crippen LogP contribution in [-0.4, -0.2) is 59.6 Å². The van der Waals surface area contributed by atoms with Crippen molar-refractivity contribution >= 4 is 27.5 Å². The lowest BCUT2D eigenvalue weighted by atomic mass is 10.3. The molecule has 0 aromatic carbocycles. The average molecular weight is 381 g/mol. The first-order valence-electron chi connectivity index (χ1n) is 7.79. The first-order valence-corrected chi connectivity index (χ1v) is 8.58. The predicted octanol–water partition coefficient (Wildman–Crippen LogP) is 1.78. The molecule has 2 aromatic rings. The number of rotatable bonds is 4. The molecule has 0 spiro atoms. The molecule has 1 aliphatic rings. The number of halogens is 1. The van der Waals surface area contributed by atoms with Crippen molar-refractivity contribution in [3.8, 4) is 0 Å². The number of aryl methyl sites for hydroxylation is 2. The Morgan fingerprint density at radius 2 is 2.13 bits per heavy atom. The first kappa shape index (κ1) is 16.4. The number of nitrogens with zero attached hydrogens (tertiary/aromatic N) is 3. The van der Waals surface area contributed by atoms with Crippen LogP contribution in [-0.2, 0) is 4.74 Å². The largest absolute Gasteiger partial charge is 0.379 e. The Bertz CT molecular complexity index is 722. The lowest BCUT2D eigenvalue weighted by molar-refractivity contribution is 0.0383. The van der Waals surface area contributed by atoms with E-state index in [2.05, 4.69) is 31.1 Å². The van der Waals surface area contributed by atoms with Gasteiger partial charge in [-0.2, -0.15) is 0 Å². The van der Waals surface area contributed by atoms with Gasteiger partial charge in [-0.25, -0.2) is 4.98 Å². The maximum atomic E-state index is 12.6. The van der Waals surface area contributed by atoms with Crippen LogP contribution in [0.5, 0.6) is 0 Å². The van der Waals surface area contributed by atoms with E-state index in [1.165, 1.54) is 0 Å². The van der Waals surface area contributed by atoms with Gasteiger partial charge in [-0.1, -0.05) is 0 Å². The van der Waals surface area contributed by atoms with Crippen LogP contribution in [0.15, 0.2) is 16.7 Å². The van der Waals surface area contributed by atoms with E-state index in [0.29, 0.717) is 12.2 Å². The minimum absolute atomic E-state index is 0.0826. The number of amides is 1. The smallest absolute Gasteiger partial charge is 0.270 e. The number of pyridine rings is 1. The number of nitrogens with one attached hydrogen (secondary N) is 1. The van der Waals surface area contributed by atoms with Crippen molar-refractivity contribution in [1.82, 2.24) is 19.6 Å². The molecule has 6 nitrogen and oxygen atoms in total. The van der Waals surface area contributed by atoms with Gasteiger partial charge in [0.1, 0.15) is 5.69 Å². The number of imidazole rings is 1. The molecule has 2 aromatic heterocycles. The summed E-state index contributed by atoms with van der Waals surface area (Å²) in [6.07, 6.45) is 1.94. The van der Waals surface area contributed by atoms with E-state index in [9.17, 15) is 4.79 Å². The lowest BCUT2D eigenvalue weighted by Crippen LogP contribution is -2.41. The number of carbonyl (C=O) groups is 1. The number of aromatic nitrogens is 2. The highest BCUT2D eigenvalue weighted by molar-refractivity contribution is 9.10. The zero-order chi connectivity index (χ0) is 16.4. The van der Waals surface area contributed by atoms with E-state index >= 15 is 0 Å². The first-order chi connectivity index (χ1) is 11.1. The standard InChI is InChI=1S/C16H21BrN4O2/c1-11-9-13(17)15-19-12(2)14(21(15)10-11)16(22)18-3-4-20-5-7-23-8-6-20/h9-10H,3-8H2,1-2H3,(H,18,22). The molecule has 0 unspecified atom stereocenters. The van der Waals surface area contributed by atoms with Crippen LogP contribution in [0.3, 0.4) is 0 Å². The normalized spacial score (nSPS) is 16.0. The Balaban J connectivity index is 1.71. The van der Waals surface area contributed by atoms with Crippen molar-refractivity contribution in [2.45, 2.75) is 13.8 Å². The monoisotopic (exact) mass is 380 g/mol. The van der Waals surface area contributed by atoms with Gasteiger partial charge in [0.05, 0.1) is 23.4 Å². The summed E-state index contributed by atoms with van der Waals surface area (Å²) in [5.41, 5.74) is 3.18. The van der Waals surface area contributed by atoms with E-state index in [0.717, 1.165) is 54.2 Å². The highest BCUT2D eigenvalue weighted by Crippen LogP contribution is 2.22. The summed E-state index contributed by atoms with van der Waals surface area (Å²) >= 11 is 3.52. The maximum Gasteiger partial charge on any atom is 0.270 e. The molecule has 1 amide bonds. The van der Waals surface area contributed by atoms with Crippen LogP contribution in [0.25, 0.3) is 5.65 Å². The van der Waals surface area contributed by atoms with Crippen molar-refractivity contribution < 1.29 is 9.53 Å². The molecule has 1 aliphatic heterocycles. The van der Waals surface area contributed by atoms with Crippen molar-refractivity contribution in [1.29, 1.82) is 0 Å². The molecule has 3 rings (SSSR count). The maximum absolute atomic E-state index is 12.6. The SMILES string of the molecule is Cc1cc(Br)c2nc(C)c(C(=O)NCCN3CCOCC3)n2c1. The van der Waals surface area contributed by atoms with Gasteiger partial charge >= 0.3 is 0 Å². The molecule has 0 radical (unpaired) electrons. The molecule has 1 saturated heterocycles. The molecule has 1 fully saturated rings. The second-order valence-electron chi connectivity index (χ2n) is 5.81. The number of ether oxygens (including phenoxy) is 1. The molecule has 0 aliphatic carbocycles. The number of hydrogen-bond donors (Lipinski definition) is 1. The third-order valence-electron chi connectivity index (χ3n) is 4.02. The van der Waals surface area contributed by atoms with Gasteiger partial charge < -0.3 is 10.1 Å². The van der Waals surface area contributed by atoms with Crippen molar-refractivity contribution in [2.24, 2.45) is 0 Å². The van der Waals surface area contributed by atoms with E-state index in [1.54, 1.807) is 0 Å². The zero-order valence-corrected chi connectivity index (χ0v) is 15.0. The van der Waals surface area contributed by atoms with Gasteiger partial charge in [-0.05, 0) is 41.4 Å². The molecular formula is C16H21BrN4O2. The van der Waals surface area contributed by atoms with E-state index in [4.69, 9.17) is 4.74 Å². The summed E-state index contributed by atoms with van der Waals surface area (Å²) in [5.74, 6) is -0.0826. The Morgan fingerprint density at radius 1 is 1.39 bits per heavy atom. The van der Waals surface area contributed by atoms with Gasteiger partial charge in [0.15, 0.2) is 5.65 Å². The molecule has 0 atom stereocenters. The topological polar surface area (TPSA) is 58.9 Å². The van der Waals surface area contributed by atoms with Crippen molar-refractivity contribution in [2.75, 3.05) is 39.4 Å². The number of fused-ring (bicyclic) bond motifs is 1. The minimum Gasteiger partial charge on any atom is -0.379 e. The van der Waals surface area contributed by atoms with Gasteiger partial charge in [-0.15, -0.1) is 0 Å². The van der Waals surface area contributed by atoms with Crippen LogP contribution < -0.4 is 5.32 Å². The second-order valence-corrected chi connectivity index (χ2v) is 6.67. The Kier molecular flexibility index (Phi) is 4.99. The van der Waals surface area contributed by atoms with Gasteiger partial charge in [0.2, 0.25) is 0 Å². The molecule has 3 heterocycles. The zero-order valence-electron chi connectivity index (χ0n) is 13.4. The quantitative estimate of drug-likeness (QED) is 0.877. The van der Waals surface area contributed by atoms with Crippen LogP contribution in [0.4, 0.5) is 0 Å². The highest BCUT2D eigenvalue weighted by atomic mass is 79.9. The van der Waals surface area contributed by atoms with Crippen molar-refractivity contribution in [3.05, 3.63) is 33.7 Å². The van der Waals surface area contributed by atoms with Gasteiger partial charge in [0, 0.05) is 32.4 Å². The molecule has 124 valence electrons. The fraction of sp³-hybridized carbons (Fsp3) is 0.500. The summed E-state index contributed by atoms with van der Waals surface area (Å²) in [6, 6.07) is 2.00. The van der Waals surface area contributed by atoms with Crippen LogP contribution in [0.2, 0.25) is 0 Å². The summed E-state index contributed by atoms with van der Waals surface area (Å²) in [7, 11) is 0. The third-order valence-corrected chi connectivity index (χ3v) is 4.60. The molecule has 1 N–H and O–H groups in total. The average Bonchev–Trinajstić information content (AvgIpc) is 2.85. The minimum atomic E-state index is -0.0826. The Morgan fingerprint density at radius 3 is 2.87 bits per heavy atom. The predicted molar refractivity (Wildman–Crippen MR) is 92.0 cm³/mol. The van der Waals surface area contributed by atoms with Gasteiger partial charge in [0.25, 0.3) is 5.91 Å². The van der Waals surface area contributed by atoms with E-state index < -0.39 is 0 Å². The second kappa shape index (κ2) is 6.98. The van der Waals surface area contributed by atoms with Crippen LogP contribution >= 0.6 is 15.9 Å². The van der Waals surface area contributed by atoms with Crippen LogP contribution in [0, 0.1) is 13.8 Å². The molecule has 0 saturated carbocycles. The Hall–Kier alpha value is -1.44. The van der Waals surface area contributed by atoms with Gasteiger partial charge in [-0.3, -0.25) is 14.1 Å². The van der Waals surface area contributed by atoms with Crippen LogP contribution in [0.1, 0.15) is 21.7 Å². The summed E-state index contributed by atoms with van der Waals surface area (Å²) < 4.78 is 8.08. The number of hydrogen-bond acceptors (Lipinski definition) is 4. The molecule has 7 heteroatoms. The summed E-state index contributed by atoms with van der Waals surface area (Å²) in [5, 5.41) is 3.01. The lowest BCUT2D eigenvalue weighted by Gasteiger charge is -2.26. The molecular weight excluding hydrogens is 360 g/mol. The fourth-order valence-electron chi connectivity index (χ4n) is 2.86. The number of carbonyl (C=O) groups excluding carboxylic acids is 1. The van der Waals surface area contributed by atoms with Crippen molar-refractivity contribution in [3.63, 3.8) is 0 Å². The fourth-order valence-corrected chi connectivity index (χ4v) is 3.50. The molecule has 0 bridgehead atoms.